The molecule has 4 rings (SSSR count). The molecule has 1 atom stereocenters. The number of hydrogen-bond donors (Lipinski definition) is 1. The van der Waals surface area contributed by atoms with Crippen molar-refractivity contribution in [2.45, 2.75) is 79.4 Å². The average molecular weight is 543 g/mol. The number of amides is 1. The quantitative estimate of drug-likeness (QED) is 0.325. The number of rotatable bonds is 10. The lowest BCUT2D eigenvalue weighted by atomic mass is 9.93. The lowest BCUT2D eigenvalue weighted by molar-refractivity contribution is 0.0943. The smallest absolute Gasteiger partial charge is 0.251 e. The van der Waals surface area contributed by atoms with Gasteiger partial charge in [-0.1, -0.05) is 6.07 Å². The van der Waals surface area contributed by atoms with Crippen LogP contribution in [0.4, 0.5) is 5.69 Å². The van der Waals surface area contributed by atoms with Crippen molar-refractivity contribution < 1.29 is 9.53 Å². The van der Waals surface area contributed by atoms with Crippen LogP contribution in [0.15, 0.2) is 48.8 Å². The first-order chi connectivity index (χ1) is 19.2. The molecule has 1 aromatic heterocycles. The predicted molar refractivity (Wildman–Crippen MR) is 165 cm³/mol. The highest BCUT2D eigenvalue weighted by Crippen LogP contribution is 2.29. The van der Waals surface area contributed by atoms with E-state index in [1.165, 1.54) is 27.9 Å². The second kappa shape index (κ2) is 13.3. The Morgan fingerprint density at radius 2 is 1.68 bits per heavy atom. The van der Waals surface area contributed by atoms with Crippen molar-refractivity contribution in [3.05, 3.63) is 87.7 Å². The Hall–Kier alpha value is -3.38. The Morgan fingerprint density at radius 1 is 1.02 bits per heavy atom. The molecule has 1 fully saturated rings. The van der Waals surface area contributed by atoms with E-state index in [1.807, 2.05) is 38.4 Å². The molecule has 1 amide bonds. The van der Waals surface area contributed by atoms with Gasteiger partial charge in [-0.3, -0.25) is 9.78 Å². The number of hydrogen-bond acceptors (Lipinski definition) is 5. The fraction of sp³-hybridized carbons (Fsp3) is 0.471. The molecule has 0 aliphatic carbocycles. The third-order valence-electron chi connectivity index (χ3n) is 8.90. The number of pyridine rings is 1. The number of carbonyl (C=O) groups excluding carboxylic acids is 1. The van der Waals surface area contributed by atoms with Crippen LogP contribution in [0.1, 0.15) is 69.9 Å². The van der Waals surface area contributed by atoms with Gasteiger partial charge in [-0.05, 0) is 125 Å². The van der Waals surface area contributed by atoms with E-state index in [4.69, 9.17) is 4.74 Å². The van der Waals surface area contributed by atoms with E-state index < -0.39 is 0 Å². The van der Waals surface area contributed by atoms with Crippen molar-refractivity contribution >= 4 is 11.6 Å². The van der Waals surface area contributed by atoms with Crippen LogP contribution in [0.2, 0.25) is 0 Å². The minimum absolute atomic E-state index is 0.0496. The number of piperidine rings is 1. The molecule has 2 aromatic carbocycles. The highest BCUT2D eigenvalue weighted by molar-refractivity contribution is 5.97. The maximum absolute atomic E-state index is 13.1. The molecule has 6 heteroatoms. The van der Waals surface area contributed by atoms with Gasteiger partial charge in [-0.2, -0.15) is 0 Å². The Kier molecular flexibility index (Phi) is 9.85. The van der Waals surface area contributed by atoms with Crippen molar-refractivity contribution in [3.8, 4) is 5.75 Å². The Morgan fingerprint density at radius 3 is 2.27 bits per heavy atom. The zero-order valence-electron chi connectivity index (χ0n) is 25.4. The summed E-state index contributed by atoms with van der Waals surface area (Å²) in [5, 5.41) is 3.21. The van der Waals surface area contributed by atoms with Gasteiger partial charge in [0.1, 0.15) is 5.75 Å². The number of anilines is 1. The number of benzene rings is 2. The summed E-state index contributed by atoms with van der Waals surface area (Å²) < 4.78 is 5.40. The van der Waals surface area contributed by atoms with E-state index in [1.54, 1.807) is 7.11 Å². The highest BCUT2D eigenvalue weighted by Gasteiger charge is 2.28. The summed E-state index contributed by atoms with van der Waals surface area (Å²) in [6.45, 7) is 16.3. The van der Waals surface area contributed by atoms with Crippen molar-refractivity contribution in [1.82, 2.24) is 15.2 Å². The Labute approximate surface area is 240 Å². The first-order valence-electron chi connectivity index (χ1n) is 14.6. The van der Waals surface area contributed by atoms with E-state index in [2.05, 4.69) is 72.1 Å². The third kappa shape index (κ3) is 6.84. The van der Waals surface area contributed by atoms with Crippen LogP contribution in [0.3, 0.4) is 0 Å². The largest absolute Gasteiger partial charge is 0.497 e. The molecule has 1 saturated heterocycles. The molecule has 2 heterocycles. The molecule has 1 aliphatic rings. The van der Waals surface area contributed by atoms with Gasteiger partial charge in [-0.25, -0.2) is 0 Å². The molecular formula is C34H46N4O2. The number of aryl methyl sites for hydroxylation is 3. The van der Waals surface area contributed by atoms with Crippen molar-refractivity contribution in [2.24, 2.45) is 0 Å². The SMILES string of the molecule is COc1ccc(N(Cc2cnccc2C)C2CCN([C@H](C)CCNC(=O)c3c(C)c(C)cc(C)c3C)CC2)cc1. The molecule has 214 valence electrons. The van der Waals surface area contributed by atoms with Gasteiger partial charge in [0.25, 0.3) is 5.91 Å². The van der Waals surface area contributed by atoms with Crippen LogP contribution in [-0.2, 0) is 6.54 Å². The van der Waals surface area contributed by atoms with Crippen molar-refractivity contribution in [3.63, 3.8) is 0 Å². The van der Waals surface area contributed by atoms with Crippen molar-refractivity contribution in [1.29, 1.82) is 0 Å². The van der Waals surface area contributed by atoms with Crippen LogP contribution >= 0.6 is 0 Å². The fourth-order valence-electron chi connectivity index (χ4n) is 5.91. The number of methoxy groups -OCH3 is 1. The van der Waals surface area contributed by atoms with Gasteiger partial charge < -0.3 is 19.9 Å². The average Bonchev–Trinajstić information content (AvgIpc) is 2.96. The molecule has 0 saturated carbocycles. The van der Waals surface area contributed by atoms with Gasteiger partial charge in [0.2, 0.25) is 0 Å². The van der Waals surface area contributed by atoms with Crippen LogP contribution in [0.5, 0.6) is 5.75 Å². The summed E-state index contributed by atoms with van der Waals surface area (Å²) in [5.74, 6) is 0.924. The summed E-state index contributed by atoms with van der Waals surface area (Å²) in [6, 6.07) is 13.6. The van der Waals surface area contributed by atoms with Gasteiger partial charge in [0.15, 0.2) is 0 Å². The van der Waals surface area contributed by atoms with Crippen LogP contribution in [0, 0.1) is 34.6 Å². The van der Waals surface area contributed by atoms with E-state index in [0.29, 0.717) is 18.6 Å². The minimum atomic E-state index is 0.0496. The molecule has 0 bridgehead atoms. The fourth-order valence-corrected chi connectivity index (χ4v) is 5.91. The molecular weight excluding hydrogens is 496 g/mol. The molecule has 1 N–H and O–H groups in total. The maximum Gasteiger partial charge on any atom is 0.251 e. The number of ether oxygens (including phenoxy) is 1. The zero-order valence-corrected chi connectivity index (χ0v) is 25.4. The molecule has 0 unspecified atom stereocenters. The van der Waals surface area contributed by atoms with Crippen LogP contribution in [0.25, 0.3) is 0 Å². The summed E-state index contributed by atoms with van der Waals surface area (Å²) in [4.78, 5) is 22.6. The number of aromatic nitrogens is 1. The second-order valence-corrected chi connectivity index (χ2v) is 11.4. The van der Waals surface area contributed by atoms with Crippen LogP contribution in [-0.4, -0.2) is 54.6 Å². The first-order valence-corrected chi connectivity index (χ1v) is 14.6. The molecule has 1 aliphatic heterocycles. The van der Waals surface area contributed by atoms with E-state index >= 15 is 0 Å². The Bertz CT molecular complexity index is 1270. The zero-order chi connectivity index (χ0) is 28.8. The summed E-state index contributed by atoms with van der Waals surface area (Å²) in [5.41, 5.74) is 9.10. The highest BCUT2D eigenvalue weighted by atomic mass is 16.5. The summed E-state index contributed by atoms with van der Waals surface area (Å²) in [6.07, 6.45) is 7.00. The third-order valence-corrected chi connectivity index (χ3v) is 8.90. The van der Waals surface area contributed by atoms with Crippen molar-refractivity contribution in [2.75, 3.05) is 31.6 Å². The molecule has 0 radical (unpaired) electrons. The lowest BCUT2D eigenvalue weighted by Gasteiger charge is -2.42. The van der Waals surface area contributed by atoms with Gasteiger partial charge >= 0.3 is 0 Å². The number of carbonyl (C=O) groups is 1. The summed E-state index contributed by atoms with van der Waals surface area (Å²) in [7, 11) is 1.71. The maximum atomic E-state index is 13.1. The second-order valence-electron chi connectivity index (χ2n) is 11.4. The van der Waals surface area contributed by atoms with Gasteiger partial charge in [0, 0.05) is 61.9 Å². The number of nitrogens with one attached hydrogen (secondary N) is 1. The standard InChI is InChI=1S/C34H46N4O2/c1-23-12-16-35-21-29(23)22-38(30-8-10-32(40-7)11-9-30)31-14-18-37(19-15-31)26(4)13-17-36-34(39)33-27(5)24(2)20-25(3)28(33)6/h8-12,16,20-21,26,31H,13-15,17-19,22H2,1-7H3,(H,36,39)/t26-/m1/s1. The van der Waals surface area contributed by atoms with E-state index in [0.717, 1.165) is 61.3 Å². The predicted octanol–water partition coefficient (Wildman–Crippen LogP) is 6.31. The summed E-state index contributed by atoms with van der Waals surface area (Å²) >= 11 is 0. The van der Waals surface area contributed by atoms with Crippen LogP contribution < -0.4 is 15.0 Å². The monoisotopic (exact) mass is 542 g/mol. The molecule has 3 aromatic rings. The number of nitrogens with zero attached hydrogens (tertiary/aromatic N) is 3. The molecule has 40 heavy (non-hydrogen) atoms. The van der Waals surface area contributed by atoms with Gasteiger partial charge in [0.05, 0.1) is 7.11 Å². The molecule has 6 nitrogen and oxygen atoms in total. The Balaban J connectivity index is 1.35. The first kappa shape index (κ1) is 29.6. The van der Waals surface area contributed by atoms with Gasteiger partial charge in [-0.15, -0.1) is 0 Å². The topological polar surface area (TPSA) is 57.7 Å². The van der Waals surface area contributed by atoms with E-state index in [-0.39, 0.29) is 5.91 Å². The molecule has 0 spiro atoms. The normalized spacial score (nSPS) is 15.1. The van der Waals surface area contributed by atoms with E-state index in [9.17, 15) is 4.79 Å². The number of likely N-dealkylation sites (tertiary alicyclic amines) is 1. The lowest BCUT2D eigenvalue weighted by Crippen LogP contribution is -2.48. The minimum Gasteiger partial charge on any atom is -0.497 e.